The van der Waals surface area contributed by atoms with Crippen molar-refractivity contribution in [2.45, 2.75) is 63.7 Å². The molecule has 0 aromatic rings. The van der Waals surface area contributed by atoms with Gasteiger partial charge in [0.1, 0.15) is 0 Å². The summed E-state index contributed by atoms with van der Waals surface area (Å²) in [6.07, 6.45) is 1.69. The quantitative estimate of drug-likeness (QED) is 0.544. The number of nitrogens with zero attached hydrogens (tertiary/aromatic N) is 3. The number of rotatable bonds is 5. The van der Waals surface area contributed by atoms with Crippen LogP contribution in [0.25, 0.3) is 0 Å². The van der Waals surface area contributed by atoms with Crippen molar-refractivity contribution in [3.05, 3.63) is 0 Å². The molecule has 160 valence electrons. The van der Waals surface area contributed by atoms with Crippen molar-refractivity contribution in [2.75, 3.05) is 39.3 Å². The molecule has 2 heterocycles. The summed E-state index contributed by atoms with van der Waals surface area (Å²) in [7, 11) is 0. The van der Waals surface area contributed by atoms with Gasteiger partial charge in [-0.2, -0.15) is 13.2 Å². The Balaban J connectivity index is 1.46. The van der Waals surface area contributed by atoms with E-state index in [4.69, 9.17) is 0 Å². The number of likely N-dealkylation sites (tertiary alicyclic amines) is 2. The predicted molar refractivity (Wildman–Crippen MR) is 102 cm³/mol. The highest BCUT2D eigenvalue weighted by molar-refractivity contribution is 5.81. The Morgan fingerprint density at radius 1 is 1.04 bits per heavy atom. The van der Waals surface area contributed by atoms with Crippen LogP contribution in [0.5, 0.6) is 0 Å². The molecule has 2 N–H and O–H groups in total. The van der Waals surface area contributed by atoms with E-state index in [-0.39, 0.29) is 23.9 Å². The number of aliphatic imine (C=N–C) groups is 1. The second-order valence-corrected chi connectivity index (χ2v) is 8.20. The standard InChI is InChI=1S/C19H32F3N5O/c1-2-23-18(24-15-7-9-26(11-15)13-19(20,21)22)25-16-8-10-27(12-16)17(28)14-5-3-4-6-14/h14-16H,2-13H2,1H3,(H2,23,24,25). The van der Waals surface area contributed by atoms with E-state index in [2.05, 4.69) is 15.6 Å². The first-order valence-corrected chi connectivity index (χ1v) is 10.5. The fourth-order valence-electron chi connectivity index (χ4n) is 4.53. The zero-order valence-corrected chi connectivity index (χ0v) is 16.6. The van der Waals surface area contributed by atoms with Gasteiger partial charge in [-0.25, -0.2) is 0 Å². The minimum absolute atomic E-state index is 0.0437. The summed E-state index contributed by atoms with van der Waals surface area (Å²) in [5.74, 6) is 1.11. The van der Waals surface area contributed by atoms with Gasteiger partial charge in [0.2, 0.25) is 5.91 Å². The van der Waals surface area contributed by atoms with Crippen LogP contribution in [0.15, 0.2) is 4.99 Å². The molecule has 0 bridgehead atoms. The number of carbonyl (C=O) groups is 1. The van der Waals surface area contributed by atoms with Gasteiger partial charge in [-0.05, 0) is 32.6 Å². The average Bonchev–Trinajstić information content (AvgIpc) is 3.35. The second kappa shape index (κ2) is 9.33. The van der Waals surface area contributed by atoms with Gasteiger partial charge >= 0.3 is 6.18 Å². The van der Waals surface area contributed by atoms with Gasteiger partial charge < -0.3 is 15.5 Å². The van der Waals surface area contributed by atoms with Crippen LogP contribution in [0.4, 0.5) is 13.2 Å². The summed E-state index contributed by atoms with van der Waals surface area (Å²) in [6.45, 7) is 3.88. The number of hydrogen-bond donors (Lipinski definition) is 2. The van der Waals surface area contributed by atoms with Crippen molar-refractivity contribution >= 4 is 11.9 Å². The first-order valence-electron chi connectivity index (χ1n) is 10.5. The summed E-state index contributed by atoms with van der Waals surface area (Å²) >= 11 is 0. The SMILES string of the molecule is CCN=C(NC1CCN(CC(F)(F)F)C1)NC1CCN(C(=O)C2CCCC2)C1. The van der Waals surface area contributed by atoms with Gasteiger partial charge in [0.15, 0.2) is 5.96 Å². The minimum atomic E-state index is -4.16. The molecule has 0 aromatic carbocycles. The smallest absolute Gasteiger partial charge is 0.352 e. The third kappa shape index (κ3) is 5.99. The summed E-state index contributed by atoms with van der Waals surface area (Å²) < 4.78 is 37.7. The van der Waals surface area contributed by atoms with Crippen LogP contribution in [0.2, 0.25) is 0 Å². The summed E-state index contributed by atoms with van der Waals surface area (Å²) in [6, 6.07) is 0.0913. The number of carbonyl (C=O) groups excluding carboxylic acids is 1. The maximum absolute atomic E-state index is 12.6. The number of hydrogen-bond acceptors (Lipinski definition) is 3. The topological polar surface area (TPSA) is 60.0 Å². The molecule has 1 aliphatic carbocycles. The highest BCUT2D eigenvalue weighted by atomic mass is 19.4. The molecular weight excluding hydrogens is 371 g/mol. The van der Waals surface area contributed by atoms with E-state index in [0.717, 1.165) is 38.6 Å². The van der Waals surface area contributed by atoms with Crippen LogP contribution >= 0.6 is 0 Å². The van der Waals surface area contributed by atoms with Gasteiger partial charge in [-0.3, -0.25) is 14.7 Å². The van der Waals surface area contributed by atoms with Crippen molar-refractivity contribution in [1.29, 1.82) is 0 Å². The Bertz CT molecular complexity index is 562. The largest absolute Gasteiger partial charge is 0.401 e. The summed E-state index contributed by atoms with van der Waals surface area (Å²) in [5, 5.41) is 6.67. The highest BCUT2D eigenvalue weighted by Crippen LogP contribution is 2.28. The molecule has 1 saturated carbocycles. The van der Waals surface area contributed by atoms with E-state index >= 15 is 0 Å². The molecule has 0 radical (unpaired) electrons. The lowest BCUT2D eigenvalue weighted by atomic mass is 10.1. The summed E-state index contributed by atoms with van der Waals surface area (Å²) in [4.78, 5) is 20.4. The molecule has 3 rings (SSSR count). The molecule has 2 aliphatic heterocycles. The number of amides is 1. The Labute approximate surface area is 164 Å². The molecule has 2 unspecified atom stereocenters. The maximum Gasteiger partial charge on any atom is 0.401 e. The van der Waals surface area contributed by atoms with E-state index < -0.39 is 12.7 Å². The Morgan fingerprint density at radius 3 is 2.32 bits per heavy atom. The van der Waals surface area contributed by atoms with Gasteiger partial charge in [0, 0.05) is 50.7 Å². The number of nitrogens with one attached hydrogen (secondary N) is 2. The third-order valence-corrected chi connectivity index (χ3v) is 5.88. The Hall–Kier alpha value is -1.51. The second-order valence-electron chi connectivity index (χ2n) is 8.20. The van der Waals surface area contributed by atoms with Crippen molar-refractivity contribution in [2.24, 2.45) is 10.9 Å². The first kappa shape index (κ1) is 21.2. The molecular formula is C19H32F3N5O. The Kier molecular flexibility index (Phi) is 7.06. The lowest BCUT2D eigenvalue weighted by molar-refractivity contribution is -0.143. The predicted octanol–water partition coefficient (Wildman–Crippen LogP) is 1.97. The molecule has 2 atom stereocenters. The number of alkyl halides is 3. The van der Waals surface area contributed by atoms with E-state index in [1.54, 1.807) is 0 Å². The monoisotopic (exact) mass is 403 g/mol. The lowest BCUT2D eigenvalue weighted by Crippen LogP contribution is -2.49. The molecule has 9 heteroatoms. The van der Waals surface area contributed by atoms with Crippen molar-refractivity contribution < 1.29 is 18.0 Å². The normalized spacial score (nSPS) is 27.6. The van der Waals surface area contributed by atoms with Gasteiger partial charge in [-0.15, -0.1) is 0 Å². The van der Waals surface area contributed by atoms with E-state index in [9.17, 15) is 18.0 Å². The summed E-state index contributed by atoms with van der Waals surface area (Å²) in [5.41, 5.74) is 0. The van der Waals surface area contributed by atoms with Crippen LogP contribution in [0, 0.1) is 5.92 Å². The van der Waals surface area contributed by atoms with Crippen LogP contribution in [0.1, 0.15) is 45.4 Å². The molecule has 3 aliphatic rings. The first-order chi connectivity index (χ1) is 13.3. The fourth-order valence-corrected chi connectivity index (χ4v) is 4.53. The zero-order valence-electron chi connectivity index (χ0n) is 16.6. The van der Waals surface area contributed by atoms with Crippen LogP contribution < -0.4 is 10.6 Å². The molecule has 0 aromatic heterocycles. The van der Waals surface area contributed by atoms with Crippen LogP contribution in [-0.2, 0) is 4.79 Å². The van der Waals surface area contributed by atoms with Crippen molar-refractivity contribution in [1.82, 2.24) is 20.4 Å². The maximum atomic E-state index is 12.6. The molecule has 2 saturated heterocycles. The third-order valence-electron chi connectivity index (χ3n) is 5.88. The molecule has 3 fully saturated rings. The van der Waals surface area contributed by atoms with Gasteiger partial charge in [0.05, 0.1) is 6.54 Å². The van der Waals surface area contributed by atoms with Crippen molar-refractivity contribution in [3.63, 3.8) is 0 Å². The molecule has 6 nitrogen and oxygen atoms in total. The Morgan fingerprint density at radius 2 is 1.68 bits per heavy atom. The van der Waals surface area contributed by atoms with Gasteiger partial charge in [0.25, 0.3) is 0 Å². The highest BCUT2D eigenvalue weighted by Gasteiger charge is 2.35. The molecule has 1 amide bonds. The number of halogens is 3. The number of guanidine groups is 1. The van der Waals surface area contributed by atoms with Crippen LogP contribution in [0.3, 0.4) is 0 Å². The average molecular weight is 403 g/mol. The van der Waals surface area contributed by atoms with E-state index in [0.29, 0.717) is 38.6 Å². The molecule has 28 heavy (non-hydrogen) atoms. The van der Waals surface area contributed by atoms with E-state index in [1.165, 1.54) is 4.90 Å². The minimum Gasteiger partial charge on any atom is -0.352 e. The van der Waals surface area contributed by atoms with Crippen LogP contribution in [-0.4, -0.2) is 79.2 Å². The lowest BCUT2D eigenvalue weighted by Gasteiger charge is -2.23. The fraction of sp³-hybridized carbons (Fsp3) is 0.895. The molecule has 0 spiro atoms. The van der Waals surface area contributed by atoms with Gasteiger partial charge in [-0.1, -0.05) is 12.8 Å². The van der Waals surface area contributed by atoms with E-state index in [1.807, 2.05) is 11.8 Å². The van der Waals surface area contributed by atoms with Crippen molar-refractivity contribution in [3.8, 4) is 0 Å². The zero-order chi connectivity index (χ0) is 20.1.